The highest BCUT2D eigenvalue weighted by molar-refractivity contribution is 6.22. The Kier molecular flexibility index (Phi) is 4.27. The van der Waals surface area contributed by atoms with E-state index in [0.29, 0.717) is 5.56 Å². The molecule has 3 nitrogen and oxygen atoms in total. The molecule has 0 radical (unpaired) electrons. The number of halogens is 2. The van der Waals surface area contributed by atoms with E-state index in [2.05, 4.69) is 10.3 Å². The number of rotatable bonds is 4. The Labute approximate surface area is 121 Å². The third kappa shape index (κ3) is 2.99. The smallest absolute Gasteiger partial charge is 0.252 e. The van der Waals surface area contributed by atoms with Gasteiger partial charge < -0.3 is 5.32 Å². The molecule has 0 unspecified atom stereocenters. The number of hydrogen-bond acceptors (Lipinski definition) is 2. The highest BCUT2D eigenvalue weighted by atomic mass is 35.5. The number of aromatic nitrogens is 1. The van der Waals surface area contributed by atoms with Gasteiger partial charge in [0.25, 0.3) is 5.91 Å². The van der Waals surface area contributed by atoms with Crippen LogP contribution in [-0.4, -0.2) is 28.2 Å². The number of benzene rings is 1. The zero-order valence-electron chi connectivity index (χ0n) is 10.5. The molecule has 1 amide bonds. The number of hydrogen-bond donors (Lipinski definition) is 1. The van der Waals surface area contributed by atoms with Crippen LogP contribution in [-0.2, 0) is 0 Å². The summed E-state index contributed by atoms with van der Waals surface area (Å²) in [5.41, 5.74) is 0.741. The van der Waals surface area contributed by atoms with Crippen LogP contribution in [0.4, 0.5) is 0 Å². The summed E-state index contributed by atoms with van der Waals surface area (Å²) in [6.45, 7) is 1.81. The van der Waals surface area contributed by atoms with Crippen molar-refractivity contribution in [3.63, 3.8) is 0 Å². The fourth-order valence-electron chi connectivity index (χ4n) is 1.75. The van der Waals surface area contributed by atoms with Crippen LogP contribution in [0.25, 0.3) is 10.9 Å². The molecule has 0 fully saturated rings. The molecule has 0 aliphatic rings. The van der Waals surface area contributed by atoms with E-state index in [4.69, 9.17) is 23.2 Å². The predicted octanol–water partition coefficient (Wildman–Crippen LogP) is 3.20. The van der Waals surface area contributed by atoms with Gasteiger partial charge in [0.2, 0.25) is 0 Å². The van der Waals surface area contributed by atoms with Crippen molar-refractivity contribution in [2.24, 2.45) is 0 Å². The van der Waals surface area contributed by atoms with E-state index >= 15 is 0 Å². The van der Waals surface area contributed by atoms with Crippen molar-refractivity contribution in [1.82, 2.24) is 10.3 Å². The molecule has 0 aliphatic heterocycles. The topological polar surface area (TPSA) is 42.0 Å². The predicted molar refractivity (Wildman–Crippen MR) is 79.1 cm³/mol. The fraction of sp³-hybridized carbons (Fsp3) is 0.286. The molecule has 0 atom stereocenters. The van der Waals surface area contributed by atoms with E-state index in [1.165, 1.54) is 0 Å². The van der Waals surface area contributed by atoms with Crippen molar-refractivity contribution in [2.45, 2.75) is 12.5 Å². The maximum absolute atomic E-state index is 12.3. The van der Waals surface area contributed by atoms with Gasteiger partial charge in [-0.3, -0.25) is 9.78 Å². The molecule has 1 aromatic heterocycles. The van der Waals surface area contributed by atoms with E-state index in [0.717, 1.165) is 10.9 Å². The second-order valence-corrected chi connectivity index (χ2v) is 5.19. The highest BCUT2D eigenvalue weighted by Crippen LogP contribution is 2.18. The lowest BCUT2D eigenvalue weighted by atomic mass is 10.0. The van der Waals surface area contributed by atoms with Crippen molar-refractivity contribution in [1.29, 1.82) is 0 Å². The van der Waals surface area contributed by atoms with Gasteiger partial charge in [-0.1, -0.05) is 12.1 Å². The molecule has 100 valence electrons. The van der Waals surface area contributed by atoms with Gasteiger partial charge in [0.15, 0.2) is 0 Å². The summed E-state index contributed by atoms with van der Waals surface area (Å²) in [5.74, 6) is 0.318. The van der Waals surface area contributed by atoms with Crippen molar-refractivity contribution < 1.29 is 4.79 Å². The van der Waals surface area contributed by atoms with Gasteiger partial charge in [0, 0.05) is 28.9 Å². The number of carbonyl (C=O) groups is 1. The lowest BCUT2D eigenvalue weighted by molar-refractivity contribution is 0.0923. The number of nitrogens with zero attached hydrogens (tertiary/aromatic N) is 1. The molecule has 0 aliphatic carbocycles. The highest BCUT2D eigenvalue weighted by Gasteiger charge is 2.25. The molecule has 5 heteroatoms. The lowest BCUT2D eigenvalue weighted by Crippen LogP contribution is -2.49. The molecule has 0 saturated heterocycles. The second-order valence-electron chi connectivity index (χ2n) is 4.66. The largest absolute Gasteiger partial charge is 0.344 e. The summed E-state index contributed by atoms with van der Waals surface area (Å²) < 4.78 is 0. The first-order chi connectivity index (χ1) is 9.09. The monoisotopic (exact) mass is 296 g/mol. The van der Waals surface area contributed by atoms with E-state index in [1.807, 2.05) is 25.1 Å². The summed E-state index contributed by atoms with van der Waals surface area (Å²) in [4.78, 5) is 16.6. The van der Waals surface area contributed by atoms with Gasteiger partial charge in [-0.05, 0) is 25.1 Å². The van der Waals surface area contributed by atoms with E-state index < -0.39 is 5.54 Å². The SMILES string of the molecule is CC(CCl)(CCl)NC(=O)c1cccc2ncccc12. The van der Waals surface area contributed by atoms with Gasteiger partial charge >= 0.3 is 0 Å². The molecule has 1 aromatic carbocycles. The normalized spacial score (nSPS) is 11.5. The number of amides is 1. The first-order valence-electron chi connectivity index (χ1n) is 5.88. The summed E-state index contributed by atoms with van der Waals surface area (Å²) in [5, 5.41) is 3.68. The van der Waals surface area contributed by atoms with Crippen LogP contribution in [0.2, 0.25) is 0 Å². The Morgan fingerprint density at radius 1 is 1.26 bits per heavy atom. The molecule has 19 heavy (non-hydrogen) atoms. The van der Waals surface area contributed by atoms with E-state index in [-0.39, 0.29) is 17.7 Å². The Balaban J connectivity index is 2.37. The zero-order valence-corrected chi connectivity index (χ0v) is 12.0. The van der Waals surface area contributed by atoms with Gasteiger partial charge in [-0.15, -0.1) is 23.2 Å². The zero-order chi connectivity index (χ0) is 13.9. The van der Waals surface area contributed by atoms with Crippen molar-refractivity contribution in [3.05, 3.63) is 42.1 Å². The first kappa shape index (κ1) is 14.1. The molecule has 1 N–H and O–H groups in total. The lowest BCUT2D eigenvalue weighted by Gasteiger charge is -2.26. The average molecular weight is 297 g/mol. The number of carbonyl (C=O) groups excluding carboxylic acids is 1. The van der Waals surface area contributed by atoms with Crippen molar-refractivity contribution in [3.8, 4) is 0 Å². The maximum Gasteiger partial charge on any atom is 0.252 e. The Morgan fingerprint density at radius 3 is 2.68 bits per heavy atom. The van der Waals surface area contributed by atoms with Crippen LogP contribution in [0, 0.1) is 0 Å². The van der Waals surface area contributed by atoms with Crippen molar-refractivity contribution in [2.75, 3.05) is 11.8 Å². The van der Waals surface area contributed by atoms with Crippen LogP contribution < -0.4 is 5.32 Å². The Hall–Kier alpha value is -1.32. The summed E-state index contributed by atoms with van der Waals surface area (Å²) >= 11 is 11.7. The summed E-state index contributed by atoms with van der Waals surface area (Å²) in [6, 6.07) is 9.12. The summed E-state index contributed by atoms with van der Waals surface area (Å²) in [7, 11) is 0. The minimum atomic E-state index is -0.620. The first-order valence-corrected chi connectivity index (χ1v) is 6.95. The van der Waals surface area contributed by atoms with E-state index in [9.17, 15) is 4.79 Å². The fourth-order valence-corrected chi connectivity index (χ4v) is 2.16. The van der Waals surface area contributed by atoms with Gasteiger partial charge in [-0.2, -0.15) is 0 Å². The number of nitrogens with one attached hydrogen (secondary N) is 1. The van der Waals surface area contributed by atoms with Crippen molar-refractivity contribution >= 4 is 40.0 Å². The second kappa shape index (κ2) is 5.76. The third-order valence-electron chi connectivity index (χ3n) is 2.90. The van der Waals surface area contributed by atoms with Crippen LogP contribution in [0.15, 0.2) is 36.5 Å². The van der Waals surface area contributed by atoms with Gasteiger partial charge in [-0.25, -0.2) is 0 Å². The summed E-state index contributed by atoms with van der Waals surface area (Å²) in [6.07, 6.45) is 1.70. The molecular formula is C14H14Cl2N2O. The minimum Gasteiger partial charge on any atom is -0.344 e. The van der Waals surface area contributed by atoms with Gasteiger partial charge in [0.05, 0.1) is 11.1 Å². The van der Waals surface area contributed by atoms with Crippen LogP contribution >= 0.6 is 23.2 Å². The molecule has 0 bridgehead atoms. The van der Waals surface area contributed by atoms with E-state index in [1.54, 1.807) is 18.3 Å². The number of alkyl halides is 2. The van der Waals surface area contributed by atoms with Crippen LogP contribution in [0.1, 0.15) is 17.3 Å². The number of fused-ring (bicyclic) bond motifs is 1. The molecule has 1 heterocycles. The molecule has 0 saturated carbocycles. The Bertz CT molecular complexity index is 592. The Morgan fingerprint density at radius 2 is 2.00 bits per heavy atom. The minimum absolute atomic E-state index is 0.192. The van der Waals surface area contributed by atoms with Crippen LogP contribution in [0.5, 0.6) is 0 Å². The average Bonchev–Trinajstić information content (AvgIpc) is 2.46. The quantitative estimate of drug-likeness (QED) is 0.881. The molecule has 2 aromatic rings. The molecular weight excluding hydrogens is 283 g/mol. The maximum atomic E-state index is 12.3. The molecule has 0 spiro atoms. The molecule has 2 rings (SSSR count). The number of pyridine rings is 1. The third-order valence-corrected chi connectivity index (χ3v) is 4.08. The van der Waals surface area contributed by atoms with Crippen LogP contribution in [0.3, 0.4) is 0 Å². The van der Waals surface area contributed by atoms with Gasteiger partial charge in [0.1, 0.15) is 0 Å². The standard InChI is InChI=1S/C14H14Cl2N2O/c1-14(8-15,9-16)18-13(19)11-4-2-6-12-10(11)5-3-7-17-12/h2-7H,8-9H2,1H3,(H,18,19).